The summed E-state index contributed by atoms with van der Waals surface area (Å²) in [4.78, 5) is 13.5. The van der Waals surface area contributed by atoms with Crippen LogP contribution in [0.3, 0.4) is 0 Å². The molecule has 2 N–H and O–H groups in total. The van der Waals surface area contributed by atoms with Gasteiger partial charge in [0.05, 0.1) is 16.2 Å². The summed E-state index contributed by atoms with van der Waals surface area (Å²) in [5.74, 6) is -0.542. The van der Waals surface area contributed by atoms with E-state index >= 15 is 0 Å². The number of nitrogens with zero attached hydrogens (tertiary/aromatic N) is 2. The van der Waals surface area contributed by atoms with Crippen molar-refractivity contribution in [2.24, 2.45) is 0 Å². The zero-order chi connectivity index (χ0) is 15.8. The van der Waals surface area contributed by atoms with Gasteiger partial charge in [-0.05, 0) is 12.1 Å². The number of benzene rings is 1. The molecule has 0 atom stereocenters. The van der Waals surface area contributed by atoms with Gasteiger partial charge in [-0.15, -0.1) is 0 Å². The number of hydrogen-bond acceptors (Lipinski definition) is 4. The topological polar surface area (TPSA) is 82.0 Å². The van der Waals surface area contributed by atoms with Gasteiger partial charge >= 0.3 is 11.9 Å². The third-order valence-corrected chi connectivity index (χ3v) is 2.95. The third kappa shape index (κ3) is 2.89. The predicted octanol–water partition coefficient (Wildman–Crippen LogP) is 3.91. The highest BCUT2D eigenvalue weighted by Gasteiger charge is 2.34. The lowest BCUT2D eigenvalue weighted by Gasteiger charge is -2.12. The smallest absolute Gasteiger partial charge is 0.378 e. The van der Waals surface area contributed by atoms with Crippen molar-refractivity contribution >= 4 is 23.1 Å². The van der Waals surface area contributed by atoms with Crippen LogP contribution in [0.4, 0.5) is 24.7 Å². The van der Waals surface area contributed by atoms with Crippen LogP contribution in [0, 0.1) is 10.1 Å². The van der Waals surface area contributed by atoms with Gasteiger partial charge in [-0.1, -0.05) is 29.8 Å². The fourth-order valence-corrected chi connectivity index (χ4v) is 2.07. The van der Waals surface area contributed by atoms with Crippen LogP contribution in [0.5, 0.6) is 0 Å². The van der Waals surface area contributed by atoms with Gasteiger partial charge < -0.3 is 5.73 Å². The van der Waals surface area contributed by atoms with Crippen LogP contribution in [0.1, 0.15) is 5.56 Å². The summed E-state index contributed by atoms with van der Waals surface area (Å²) in [6, 6.07) is 5.66. The first-order valence-electron chi connectivity index (χ1n) is 5.49. The number of nitro groups is 1. The zero-order valence-electron chi connectivity index (χ0n) is 10.2. The summed E-state index contributed by atoms with van der Waals surface area (Å²) in [5.41, 5.74) is 3.40. The van der Waals surface area contributed by atoms with Crippen molar-refractivity contribution in [3.05, 3.63) is 51.0 Å². The summed E-state index contributed by atoms with van der Waals surface area (Å²) < 4.78 is 38.8. The van der Waals surface area contributed by atoms with Crippen LogP contribution >= 0.6 is 11.6 Å². The fourth-order valence-electron chi connectivity index (χ4n) is 1.80. The molecule has 1 aromatic carbocycles. The highest BCUT2D eigenvalue weighted by molar-refractivity contribution is 6.33. The van der Waals surface area contributed by atoms with E-state index in [9.17, 15) is 23.3 Å². The van der Waals surface area contributed by atoms with Gasteiger partial charge in [0.25, 0.3) is 0 Å². The van der Waals surface area contributed by atoms with Crippen LogP contribution in [0.2, 0.25) is 5.02 Å². The van der Waals surface area contributed by atoms with Gasteiger partial charge in [0.1, 0.15) is 5.02 Å². The molecule has 0 radical (unpaired) electrons. The average molecular weight is 318 g/mol. The van der Waals surface area contributed by atoms with E-state index in [1.807, 2.05) is 0 Å². The summed E-state index contributed by atoms with van der Waals surface area (Å²) in [7, 11) is 0. The second-order valence-electron chi connectivity index (χ2n) is 4.02. The Morgan fingerprint density at radius 2 is 1.90 bits per heavy atom. The number of hydrogen-bond donors (Lipinski definition) is 1. The number of nitrogens with two attached hydrogens (primary N) is 1. The quantitative estimate of drug-likeness (QED) is 0.672. The summed E-state index contributed by atoms with van der Waals surface area (Å²) in [5, 5.41) is 10.4. The standard InChI is InChI=1S/C12H7ClF3N3O2/c13-8-5-9(18-11(17)10(8)19(20)21)6-3-1-2-4-7(6)12(14,15)16/h1-5H,(H2,17,18). The summed E-state index contributed by atoms with van der Waals surface area (Å²) in [6.45, 7) is 0. The second kappa shape index (κ2) is 5.21. The molecule has 0 saturated heterocycles. The minimum atomic E-state index is -4.60. The van der Waals surface area contributed by atoms with E-state index in [0.29, 0.717) is 0 Å². The first-order chi connectivity index (χ1) is 9.71. The molecule has 0 aliphatic rings. The molecule has 1 heterocycles. The molecule has 0 saturated carbocycles. The number of alkyl halides is 3. The Hall–Kier alpha value is -2.35. The maximum atomic E-state index is 12.9. The molecule has 0 amide bonds. The van der Waals surface area contributed by atoms with Gasteiger partial charge in [0.2, 0.25) is 5.82 Å². The lowest BCUT2D eigenvalue weighted by atomic mass is 10.0. The van der Waals surface area contributed by atoms with Crippen molar-refractivity contribution in [2.75, 3.05) is 5.73 Å². The Labute approximate surface area is 121 Å². The molecule has 0 unspecified atom stereocenters. The van der Waals surface area contributed by atoms with Crippen molar-refractivity contribution in [1.29, 1.82) is 0 Å². The predicted molar refractivity (Wildman–Crippen MR) is 70.8 cm³/mol. The van der Waals surface area contributed by atoms with E-state index < -0.39 is 28.2 Å². The molecule has 2 rings (SSSR count). The first-order valence-corrected chi connectivity index (χ1v) is 5.86. The molecule has 0 bridgehead atoms. The second-order valence-corrected chi connectivity index (χ2v) is 4.43. The van der Waals surface area contributed by atoms with Crippen LogP contribution in [-0.4, -0.2) is 9.91 Å². The lowest BCUT2D eigenvalue weighted by molar-refractivity contribution is -0.384. The van der Waals surface area contributed by atoms with Crippen LogP contribution < -0.4 is 5.73 Å². The maximum Gasteiger partial charge on any atom is 0.417 e. The molecular formula is C12H7ClF3N3O2. The molecule has 0 spiro atoms. The monoisotopic (exact) mass is 317 g/mol. The highest BCUT2D eigenvalue weighted by atomic mass is 35.5. The number of aromatic nitrogens is 1. The van der Waals surface area contributed by atoms with Crippen molar-refractivity contribution in [2.45, 2.75) is 6.18 Å². The summed E-state index contributed by atoms with van der Waals surface area (Å²) >= 11 is 5.70. The number of rotatable bonds is 2. The van der Waals surface area contributed by atoms with Gasteiger partial charge in [-0.2, -0.15) is 13.2 Å². The van der Waals surface area contributed by atoms with Crippen LogP contribution in [0.15, 0.2) is 30.3 Å². The fraction of sp³-hybridized carbons (Fsp3) is 0.0833. The van der Waals surface area contributed by atoms with E-state index in [1.165, 1.54) is 18.2 Å². The van der Waals surface area contributed by atoms with E-state index in [2.05, 4.69) is 4.98 Å². The number of anilines is 1. The van der Waals surface area contributed by atoms with Crippen LogP contribution in [-0.2, 0) is 6.18 Å². The Morgan fingerprint density at radius 3 is 2.43 bits per heavy atom. The number of pyridine rings is 1. The molecule has 9 heteroatoms. The number of nitrogen functional groups attached to an aromatic ring is 1. The molecule has 5 nitrogen and oxygen atoms in total. The number of halogens is 4. The largest absolute Gasteiger partial charge is 0.417 e. The first kappa shape index (κ1) is 15.0. The van der Waals surface area contributed by atoms with Gasteiger partial charge in [0, 0.05) is 5.56 Å². The summed E-state index contributed by atoms with van der Waals surface area (Å²) in [6.07, 6.45) is -4.60. The molecular weight excluding hydrogens is 311 g/mol. The average Bonchev–Trinajstić information content (AvgIpc) is 2.36. The molecule has 0 fully saturated rings. The molecule has 21 heavy (non-hydrogen) atoms. The van der Waals surface area contributed by atoms with Crippen molar-refractivity contribution in [3.63, 3.8) is 0 Å². The molecule has 1 aromatic heterocycles. The van der Waals surface area contributed by atoms with Crippen molar-refractivity contribution < 1.29 is 18.1 Å². The molecule has 0 aliphatic heterocycles. The van der Waals surface area contributed by atoms with E-state index in [-0.39, 0.29) is 16.3 Å². The molecule has 2 aromatic rings. The Bertz CT molecular complexity index is 696. The Morgan fingerprint density at radius 1 is 1.29 bits per heavy atom. The maximum absolute atomic E-state index is 12.9. The van der Waals surface area contributed by atoms with E-state index in [4.69, 9.17) is 17.3 Å². The zero-order valence-corrected chi connectivity index (χ0v) is 10.9. The van der Waals surface area contributed by atoms with Crippen LogP contribution in [0.25, 0.3) is 11.3 Å². The van der Waals surface area contributed by atoms with Gasteiger partial charge in [-0.25, -0.2) is 4.98 Å². The lowest BCUT2D eigenvalue weighted by Crippen LogP contribution is -2.08. The van der Waals surface area contributed by atoms with E-state index in [0.717, 1.165) is 12.1 Å². The van der Waals surface area contributed by atoms with Crippen molar-refractivity contribution in [1.82, 2.24) is 4.98 Å². The highest BCUT2D eigenvalue weighted by Crippen LogP contribution is 2.39. The minimum Gasteiger partial charge on any atom is -0.378 e. The Balaban J connectivity index is 2.67. The minimum absolute atomic E-state index is 0.184. The molecule has 0 aliphatic carbocycles. The van der Waals surface area contributed by atoms with Gasteiger partial charge in [0.15, 0.2) is 0 Å². The van der Waals surface area contributed by atoms with E-state index in [1.54, 1.807) is 0 Å². The molecule has 110 valence electrons. The SMILES string of the molecule is Nc1nc(-c2ccccc2C(F)(F)F)cc(Cl)c1[N+](=O)[O-]. The Kier molecular flexibility index (Phi) is 3.73. The normalized spacial score (nSPS) is 11.4. The van der Waals surface area contributed by atoms with Crippen molar-refractivity contribution in [3.8, 4) is 11.3 Å². The third-order valence-electron chi connectivity index (χ3n) is 2.66. The van der Waals surface area contributed by atoms with Gasteiger partial charge in [-0.3, -0.25) is 10.1 Å².